The summed E-state index contributed by atoms with van der Waals surface area (Å²) in [5, 5.41) is 0.596. The maximum Gasteiger partial charge on any atom is 0.261 e. The fraction of sp³-hybridized carbons (Fsp3) is 0.609. The van der Waals surface area contributed by atoms with Gasteiger partial charge in [0.05, 0.1) is 30.1 Å². The summed E-state index contributed by atoms with van der Waals surface area (Å²) < 4.78 is 6.93. The van der Waals surface area contributed by atoms with Gasteiger partial charge in [0, 0.05) is 20.1 Å². The number of ether oxygens (including phenoxy) is 1. The molecule has 0 aliphatic carbocycles. The summed E-state index contributed by atoms with van der Waals surface area (Å²) in [5.74, 6) is 0.804. The molecule has 1 atom stereocenters. The quantitative estimate of drug-likeness (QED) is 0.497. The van der Waals surface area contributed by atoms with Gasteiger partial charge in [0.2, 0.25) is 5.91 Å². The van der Waals surface area contributed by atoms with E-state index in [0.717, 1.165) is 25.7 Å². The average molecular weight is 402 g/mol. The maximum atomic E-state index is 13.2. The van der Waals surface area contributed by atoms with Crippen LogP contribution in [0.1, 0.15) is 71.2 Å². The first-order valence-electron chi connectivity index (χ1n) is 10.9. The molecule has 6 heteroatoms. The van der Waals surface area contributed by atoms with Gasteiger partial charge in [0.25, 0.3) is 5.56 Å². The van der Waals surface area contributed by atoms with Crippen LogP contribution in [0.2, 0.25) is 0 Å². The predicted octanol–water partition coefficient (Wildman–Crippen LogP) is 4.31. The zero-order valence-electron chi connectivity index (χ0n) is 18.3. The second-order valence-corrected chi connectivity index (χ2v) is 7.41. The number of carbonyl (C=O) groups is 1. The number of aromatic nitrogens is 2. The molecule has 6 nitrogen and oxygen atoms in total. The molecule has 0 bridgehead atoms. The molecule has 1 aromatic heterocycles. The summed E-state index contributed by atoms with van der Waals surface area (Å²) in [6, 6.07) is 7.18. The van der Waals surface area contributed by atoms with E-state index in [-0.39, 0.29) is 17.5 Å². The number of methoxy groups -OCH3 is 1. The van der Waals surface area contributed by atoms with Crippen LogP contribution in [0.3, 0.4) is 0 Å². The SMILES string of the molecule is CCCCCC(=O)N(CCC)C(CC)c1nc2ccccc2c(=O)n1CCOC. The second-order valence-electron chi connectivity index (χ2n) is 7.41. The molecule has 0 aliphatic rings. The Labute approximate surface area is 173 Å². The fourth-order valence-corrected chi connectivity index (χ4v) is 3.75. The zero-order valence-corrected chi connectivity index (χ0v) is 18.3. The molecule has 1 unspecified atom stereocenters. The van der Waals surface area contributed by atoms with Crippen molar-refractivity contribution in [1.82, 2.24) is 14.5 Å². The van der Waals surface area contributed by atoms with E-state index in [1.807, 2.05) is 23.1 Å². The first kappa shape index (κ1) is 23.1. The molecule has 0 spiro atoms. The highest BCUT2D eigenvalue weighted by molar-refractivity contribution is 5.78. The molecule has 0 radical (unpaired) electrons. The smallest absolute Gasteiger partial charge is 0.261 e. The monoisotopic (exact) mass is 401 g/mol. The van der Waals surface area contributed by atoms with Crippen LogP contribution in [0.25, 0.3) is 10.9 Å². The van der Waals surface area contributed by atoms with Crippen LogP contribution in [0.4, 0.5) is 0 Å². The van der Waals surface area contributed by atoms with E-state index in [1.165, 1.54) is 0 Å². The molecule has 2 rings (SSSR count). The number of amides is 1. The van der Waals surface area contributed by atoms with Gasteiger partial charge in [-0.15, -0.1) is 0 Å². The molecule has 29 heavy (non-hydrogen) atoms. The lowest BCUT2D eigenvalue weighted by atomic mass is 10.1. The van der Waals surface area contributed by atoms with E-state index < -0.39 is 0 Å². The lowest BCUT2D eigenvalue weighted by Gasteiger charge is -2.32. The Hall–Kier alpha value is -2.21. The van der Waals surface area contributed by atoms with Crippen molar-refractivity contribution in [2.75, 3.05) is 20.3 Å². The van der Waals surface area contributed by atoms with E-state index in [1.54, 1.807) is 17.7 Å². The van der Waals surface area contributed by atoms with Gasteiger partial charge in [0.15, 0.2) is 0 Å². The third-order valence-corrected chi connectivity index (χ3v) is 5.25. The van der Waals surface area contributed by atoms with Gasteiger partial charge in [-0.3, -0.25) is 14.2 Å². The van der Waals surface area contributed by atoms with Crippen molar-refractivity contribution >= 4 is 16.8 Å². The van der Waals surface area contributed by atoms with Crippen LogP contribution in [0.5, 0.6) is 0 Å². The summed E-state index contributed by atoms with van der Waals surface area (Å²) in [6.45, 7) is 7.76. The number of carbonyl (C=O) groups excluding carboxylic acids is 1. The van der Waals surface area contributed by atoms with Gasteiger partial charge in [-0.25, -0.2) is 4.98 Å². The van der Waals surface area contributed by atoms with Crippen LogP contribution < -0.4 is 5.56 Å². The molecule has 0 aliphatic heterocycles. The Bertz CT molecular complexity index is 847. The van der Waals surface area contributed by atoms with Crippen LogP contribution in [0.15, 0.2) is 29.1 Å². The van der Waals surface area contributed by atoms with Crippen molar-refractivity contribution in [2.24, 2.45) is 0 Å². The van der Waals surface area contributed by atoms with Crippen LogP contribution in [-0.4, -0.2) is 40.6 Å². The summed E-state index contributed by atoms with van der Waals surface area (Å²) in [4.78, 5) is 33.0. The lowest BCUT2D eigenvalue weighted by molar-refractivity contribution is -0.134. The Morgan fingerprint density at radius 2 is 1.93 bits per heavy atom. The summed E-state index contributed by atoms with van der Waals surface area (Å²) >= 11 is 0. The first-order chi connectivity index (χ1) is 14.1. The molecule has 0 saturated carbocycles. The summed E-state index contributed by atoms with van der Waals surface area (Å²) in [7, 11) is 1.62. The van der Waals surface area contributed by atoms with Crippen molar-refractivity contribution in [3.05, 3.63) is 40.4 Å². The molecule has 1 amide bonds. The highest BCUT2D eigenvalue weighted by Crippen LogP contribution is 2.25. The van der Waals surface area contributed by atoms with Crippen molar-refractivity contribution in [3.8, 4) is 0 Å². The van der Waals surface area contributed by atoms with E-state index in [0.29, 0.717) is 49.3 Å². The Morgan fingerprint density at radius 3 is 2.59 bits per heavy atom. The second kappa shape index (κ2) is 11.7. The Kier molecular flexibility index (Phi) is 9.32. The third-order valence-electron chi connectivity index (χ3n) is 5.25. The number of rotatable bonds is 12. The first-order valence-corrected chi connectivity index (χ1v) is 10.9. The van der Waals surface area contributed by atoms with Gasteiger partial charge >= 0.3 is 0 Å². The minimum Gasteiger partial charge on any atom is -0.383 e. The standard InChI is InChI=1S/C23H35N3O3/c1-5-8-9-14-21(27)25(15-6-2)20(7-3)22-24-19-13-11-10-12-18(19)23(28)26(22)16-17-29-4/h10-13,20H,5-9,14-17H2,1-4H3. The molecule has 160 valence electrons. The topological polar surface area (TPSA) is 64.4 Å². The maximum absolute atomic E-state index is 13.2. The highest BCUT2D eigenvalue weighted by Gasteiger charge is 2.27. The van der Waals surface area contributed by atoms with Crippen molar-refractivity contribution in [2.45, 2.75) is 71.9 Å². The van der Waals surface area contributed by atoms with Crippen LogP contribution >= 0.6 is 0 Å². The normalized spacial score (nSPS) is 12.3. The van der Waals surface area contributed by atoms with Crippen LogP contribution in [-0.2, 0) is 16.1 Å². The molecule has 1 aromatic carbocycles. The third kappa shape index (κ3) is 5.66. The van der Waals surface area contributed by atoms with Crippen molar-refractivity contribution in [1.29, 1.82) is 0 Å². The van der Waals surface area contributed by atoms with E-state index in [4.69, 9.17) is 9.72 Å². The van der Waals surface area contributed by atoms with Crippen LogP contribution in [0, 0.1) is 0 Å². The number of nitrogens with zero attached hydrogens (tertiary/aromatic N) is 3. The molecule has 2 aromatic rings. The van der Waals surface area contributed by atoms with Gasteiger partial charge in [0.1, 0.15) is 5.82 Å². The van der Waals surface area contributed by atoms with E-state index >= 15 is 0 Å². The van der Waals surface area contributed by atoms with Gasteiger partial charge in [-0.2, -0.15) is 0 Å². The fourth-order valence-electron chi connectivity index (χ4n) is 3.75. The summed E-state index contributed by atoms with van der Waals surface area (Å²) in [5.41, 5.74) is 0.602. The average Bonchev–Trinajstić information content (AvgIpc) is 2.73. The Balaban J connectivity index is 2.52. The number of fused-ring (bicyclic) bond motifs is 1. The van der Waals surface area contributed by atoms with E-state index in [2.05, 4.69) is 20.8 Å². The number of hydrogen-bond acceptors (Lipinski definition) is 4. The minimum atomic E-state index is -0.224. The van der Waals surface area contributed by atoms with Crippen molar-refractivity contribution < 1.29 is 9.53 Å². The predicted molar refractivity (Wildman–Crippen MR) is 117 cm³/mol. The highest BCUT2D eigenvalue weighted by atomic mass is 16.5. The Morgan fingerprint density at radius 1 is 1.17 bits per heavy atom. The number of hydrogen-bond donors (Lipinski definition) is 0. The molecule has 0 N–H and O–H groups in total. The number of unbranched alkanes of at least 4 members (excludes halogenated alkanes) is 2. The van der Waals surface area contributed by atoms with Crippen molar-refractivity contribution in [3.63, 3.8) is 0 Å². The molecule has 0 saturated heterocycles. The molecular formula is C23H35N3O3. The number of benzene rings is 1. The number of para-hydroxylation sites is 1. The lowest BCUT2D eigenvalue weighted by Crippen LogP contribution is -2.39. The zero-order chi connectivity index (χ0) is 21.2. The molecule has 1 heterocycles. The largest absolute Gasteiger partial charge is 0.383 e. The van der Waals surface area contributed by atoms with E-state index in [9.17, 15) is 9.59 Å². The van der Waals surface area contributed by atoms with Gasteiger partial charge in [-0.1, -0.05) is 45.7 Å². The molecule has 0 fully saturated rings. The van der Waals surface area contributed by atoms with Gasteiger partial charge < -0.3 is 9.64 Å². The minimum absolute atomic E-state index is 0.0732. The van der Waals surface area contributed by atoms with Gasteiger partial charge in [-0.05, 0) is 31.4 Å². The molecular weight excluding hydrogens is 366 g/mol. The summed E-state index contributed by atoms with van der Waals surface area (Å²) in [6.07, 6.45) is 5.15.